The predicted octanol–water partition coefficient (Wildman–Crippen LogP) is 4.84. The summed E-state index contributed by atoms with van der Waals surface area (Å²) in [7, 11) is 0. The molecular formula is C17H21N. The number of nitrogens with zero attached hydrogens (tertiary/aromatic N) is 1. The monoisotopic (exact) mass is 239 g/mol. The van der Waals surface area contributed by atoms with Crippen molar-refractivity contribution in [2.45, 2.75) is 40.5 Å². The third-order valence-corrected chi connectivity index (χ3v) is 3.30. The standard InChI is InChI=1S/C15H15N.C2H6/c1-10-7-8-12-13-5-3-4-6-15(13)16-11(2)14(12)9-10;1-2/h3,5,7-9H,4,6H2,1-2H3;1-2H3. The van der Waals surface area contributed by atoms with E-state index in [9.17, 15) is 0 Å². The van der Waals surface area contributed by atoms with Gasteiger partial charge in [-0.3, -0.25) is 4.98 Å². The lowest BCUT2D eigenvalue weighted by atomic mass is 9.95. The molecule has 0 radical (unpaired) electrons. The van der Waals surface area contributed by atoms with Crippen LogP contribution in [0.4, 0.5) is 0 Å². The molecule has 0 fully saturated rings. The number of hydrogen-bond donors (Lipinski definition) is 0. The molecule has 0 saturated heterocycles. The number of hydrogen-bond acceptors (Lipinski definition) is 1. The maximum absolute atomic E-state index is 4.73. The number of benzene rings is 1. The van der Waals surface area contributed by atoms with Gasteiger partial charge in [0.2, 0.25) is 0 Å². The Hall–Kier alpha value is -1.63. The second-order valence-corrected chi connectivity index (χ2v) is 4.55. The summed E-state index contributed by atoms with van der Waals surface area (Å²) in [6.45, 7) is 8.24. The van der Waals surface area contributed by atoms with Crippen molar-refractivity contribution >= 4 is 16.8 Å². The summed E-state index contributed by atoms with van der Waals surface area (Å²) in [4.78, 5) is 4.73. The van der Waals surface area contributed by atoms with Gasteiger partial charge in [0.05, 0.1) is 0 Å². The molecule has 1 heteroatoms. The molecular weight excluding hydrogens is 218 g/mol. The fraction of sp³-hybridized carbons (Fsp3) is 0.353. The number of pyridine rings is 1. The lowest BCUT2D eigenvalue weighted by Crippen LogP contribution is -2.01. The first kappa shape index (κ1) is 12.8. The lowest BCUT2D eigenvalue weighted by Gasteiger charge is -2.14. The molecule has 1 aromatic carbocycles. The molecule has 94 valence electrons. The van der Waals surface area contributed by atoms with Gasteiger partial charge in [-0.2, -0.15) is 0 Å². The highest BCUT2D eigenvalue weighted by molar-refractivity contribution is 5.93. The molecule has 0 saturated carbocycles. The van der Waals surface area contributed by atoms with Crippen molar-refractivity contribution in [3.8, 4) is 0 Å². The van der Waals surface area contributed by atoms with Gasteiger partial charge in [-0.1, -0.05) is 43.7 Å². The van der Waals surface area contributed by atoms with Gasteiger partial charge in [-0.15, -0.1) is 0 Å². The summed E-state index contributed by atoms with van der Waals surface area (Å²) in [5.41, 5.74) is 5.05. The van der Waals surface area contributed by atoms with Gasteiger partial charge in [-0.05, 0) is 38.1 Å². The number of aromatic nitrogens is 1. The van der Waals surface area contributed by atoms with Crippen molar-refractivity contribution in [3.63, 3.8) is 0 Å². The zero-order chi connectivity index (χ0) is 13.1. The topological polar surface area (TPSA) is 12.9 Å². The van der Waals surface area contributed by atoms with E-state index in [-0.39, 0.29) is 0 Å². The molecule has 0 bridgehead atoms. The molecule has 1 aliphatic carbocycles. The van der Waals surface area contributed by atoms with E-state index < -0.39 is 0 Å². The largest absolute Gasteiger partial charge is 0.257 e. The highest BCUT2D eigenvalue weighted by Crippen LogP contribution is 2.28. The van der Waals surface area contributed by atoms with Crippen LogP contribution < -0.4 is 0 Å². The van der Waals surface area contributed by atoms with Crippen LogP contribution in [0.3, 0.4) is 0 Å². The van der Waals surface area contributed by atoms with Crippen molar-refractivity contribution in [2.75, 3.05) is 0 Å². The van der Waals surface area contributed by atoms with Crippen LogP contribution >= 0.6 is 0 Å². The van der Waals surface area contributed by atoms with Crippen LogP contribution in [0.5, 0.6) is 0 Å². The minimum Gasteiger partial charge on any atom is -0.257 e. The fourth-order valence-electron chi connectivity index (χ4n) is 2.47. The van der Waals surface area contributed by atoms with E-state index >= 15 is 0 Å². The van der Waals surface area contributed by atoms with Crippen LogP contribution in [-0.2, 0) is 6.42 Å². The Morgan fingerprint density at radius 3 is 2.61 bits per heavy atom. The number of allylic oxidation sites excluding steroid dienone is 1. The van der Waals surface area contributed by atoms with E-state index in [2.05, 4.69) is 44.2 Å². The second kappa shape index (κ2) is 5.34. The van der Waals surface area contributed by atoms with E-state index in [1.165, 1.54) is 27.6 Å². The zero-order valence-electron chi connectivity index (χ0n) is 11.7. The van der Waals surface area contributed by atoms with E-state index in [1.807, 2.05) is 13.8 Å². The van der Waals surface area contributed by atoms with Gasteiger partial charge in [0.1, 0.15) is 0 Å². The van der Waals surface area contributed by atoms with Crippen molar-refractivity contribution in [2.24, 2.45) is 0 Å². The Morgan fingerprint density at radius 2 is 1.83 bits per heavy atom. The Morgan fingerprint density at radius 1 is 1.06 bits per heavy atom. The summed E-state index contributed by atoms with van der Waals surface area (Å²) in [5, 5.41) is 2.65. The van der Waals surface area contributed by atoms with Crippen LogP contribution in [0.2, 0.25) is 0 Å². The molecule has 0 atom stereocenters. The fourth-order valence-corrected chi connectivity index (χ4v) is 2.47. The van der Waals surface area contributed by atoms with Crippen LogP contribution in [0, 0.1) is 13.8 Å². The lowest BCUT2D eigenvalue weighted by molar-refractivity contribution is 0.922. The first-order valence-electron chi connectivity index (χ1n) is 6.82. The van der Waals surface area contributed by atoms with Crippen molar-refractivity contribution in [1.29, 1.82) is 0 Å². The molecule has 1 nitrogen and oxygen atoms in total. The molecule has 1 heterocycles. The Kier molecular flexibility index (Phi) is 3.81. The summed E-state index contributed by atoms with van der Waals surface area (Å²) >= 11 is 0. The van der Waals surface area contributed by atoms with E-state index in [1.54, 1.807) is 0 Å². The Labute approximate surface area is 110 Å². The van der Waals surface area contributed by atoms with E-state index in [0.29, 0.717) is 0 Å². The maximum Gasteiger partial charge on any atom is 0.0488 e. The zero-order valence-corrected chi connectivity index (χ0v) is 11.7. The average Bonchev–Trinajstić information content (AvgIpc) is 2.41. The highest BCUT2D eigenvalue weighted by atomic mass is 14.7. The van der Waals surface area contributed by atoms with Gasteiger partial charge < -0.3 is 0 Å². The molecule has 0 aliphatic heterocycles. The Bertz CT molecular complexity index is 594. The SMILES string of the molecule is CC.Cc1ccc2c3c(nc(C)c2c1)CCC=C3. The van der Waals surface area contributed by atoms with Crippen LogP contribution in [0.25, 0.3) is 16.8 Å². The molecule has 0 amide bonds. The van der Waals surface area contributed by atoms with Gasteiger partial charge in [0.25, 0.3) is 0 Å². The summed E-state index contributed by atoms with van der Waals surface area (Å²) < 4.78 is 0. The highest BCUT2D eigenvalue weighted by Gasteiger charge is 2.11. The van der Waals surface area contributed by atoms with Crippen molar-refractivity contribution in [3.05, 3.63) is 46.8 Å². The van der Waals surface area contributed by atoms with Crippen molar-refractivity contribution < 1.29 is 0 Å². The van der Waals surface area contributed by atoms with Crippen LogP contribution in [-0.4, -0.2) is 4.98 Å². The van der Waals surface area contributed by atoms with Crippen molar-refractivity contribution in [1.82, 2.24) is 4.98 Å². The van der Waals surface area contributed by atoms with Crippen LogP contribution in [0.1, 0.15) is 42.8 Å². The average molecular weight is 239 g/mol. The smallest absolute Gasteiger partial charge is 0.0488 e. The number of aryl methyl sites for hydroxylation is 3. The third kappa shape index (κ3) is 2.17. The normalized spacial score (nSPS) is 12.9. The molecule has 3 rings (SSSR count). The molecule has 0 spiro atoms. The molecule has 0 N–H and O–H groups in total. The second-order valence-electron chi connectivity index (χ2n) is 4.55. The number of fused-ring (bicyclic) bond motifs is 3. The molecule has 0 unspecified atom stereocenters. The third-order valence-electron chi connectivity index (χ3n) is 3.30. The first-order chi connectivity index (χ1) is 8.75. The quantitative estimate of drug-likeness (QED) is 0.641. The summed E-state index contributed by atoms with van der Waals surface area (Å²) in [6.07, 6.45) is 6.68. The van der Waals surface area contributed by atoms with Gasteiger partial charge >= 0.3 is 0 Å². The van der Waals surface area contributed by atoms with Gasteiger partial charge in [-0.25, -0.2) is 0 Å². The maximum atomic E-state index is 4.73. The molecule has 1 aromatic heterocycles. The number of rotatable bonds is 0. The summed E-state index contributed by atoms with van der Waals surface area (Å²) in [6, 6.07) is 6.65. The van der Waals surface area contributed by atoms with Gasteiger partial charge in [0, 0.05) is 22.3 Å². The van der Waals surface area contributed by atoms with Crippen LogP contribution in [0.15, 0.2) is 24.3 Å². The molecule has 1 aliphatic rings. The predicted molar refractivity (Wildman–Crippen MR) is 79.9 cm³/mol. The minimum absolute atomic E-state index is 1.08. The van der Waals surface area contributed by atoms with Gasteiger partial charge in [0.15, 0.2) is 0 Å². The van der Waals surface area contributed by atoms with E-state index in [4.69, 9.17) is 4.98 Å². The minimum atomic E-state index is 1.08. The first-order valence-corrected chi connectivity index (χ1v) is 6.82. The molecule has 18 heavy (non-hydrogen) atoms. The summed E-state index contributed by atoms with van der Waals surface area (Å²) in [5.74, 6) is 0. The van der Waals surface area contributed by atoms with E-state index in [0.717, 1.165) is 18.5 Å². The Balaban J connectivity index is 0.000000574. The molecule has 2 aromatic rings.